The number of hydrogen-bond acceptors (Lipinski definition) is 3. The summed E-state index contributed by atoms with van der Waals surface area (Å²) in [6, 6.07) is 6.69. The van der Waals surface area contributed by atoms with Crippen LogP contribution in [0.1, 0.15) is 71.2 Å². The van der Waals surface area contributed by atoms with Crippen molar-refractivity contribution >= 4 is 0 Å². The molecule has 0 aromatic heterocycles. The fraction of sp³-hybridized carbons (Fsp3) is 0.700. The summed E-state index contributed by atoms with van der Waals surface area (Å²) in [7, 11) is 0. The van der Waals surface area contributed by atoms with Crippen LogP contribution in [0.4, 0.5) is 0 Å². The molecule has 1 radical (unpaired) electrons. The number of hydrogen-bond donors (Lipinski definition) is 2. The molecular weight excluding hydrogens is 335 g/mol. The topological polar surface area (TPSA) is 35.5 Å². The Morgan fingerprint density at radius 3 is 2.50 bits per heavy atom. The van der Waals surface area contributed by atoms with Crippen LogP contribution in [0.3, 0.4) is 0 Å². The zero-order chi connectivity index (χ0) is 17.2. The molecule has 2 N–H and O–H groups in total. The van der Waals surface area contributed by atoms with Crippen LogP contribution >= 0.6 is 0 Å². The van der Waals surface area contributed by atoms with Gasteiger partial charge in [-0.3, -0.25) is 4.90 Å². The van der Waals surface area contributed by atoms with E-state index in [1.807, 2.05) is 6.07 Å². The molecule has 2 heterocycles. The summed E-state index contributed by atoms with van der Waals surface area (Å²) < 4.78 is 0. The van der Waals surface area contributed by atoms with E-state index in [0.717, 1.165) is 31.1 Å². The second-order valence-electron chi connectivity index (χ2n) is 8.57. The van der Waals surface area contributed by atoms with E-state index >= 15 is 0 Å². The van der Waals surface area contributed by atoms with E-state index in [9.17, 15) is 5.11 Å². The van der Waals surface area contributed by atoms with Gasteiger partial charge in [0.05, 0.1) is 0 Å². The van der Waals surface area contributed by atoms with Crippen molar-refractivity contribution < 1.29 is 23.7 Å². The summed E-state index contributed by atoms with van der Waals surface area (Å²) in [5, 5.41) is 13.3. The molecule has 24 heavy (non-hydrogen) atoms. The smallest absolute Gasteiger partial charge is 0.120 e. The van der Waals surface area contributed by atoms with Crippen molar-refractivity contribution in [2.45, 2.75) is 60.0 Å². The Kier molecular flexibility index (Phi) is 7.87. The average Bonchev–Trinajstić information content (AvgIpc) is 2.72. The van der Waals surface area contributed by atoms with Crippen LogP contribution in [0, 0.1) is 11.3 Å². The van der Waals surface area contributed by atoms with Crippen LogP contribution in [0.5, 0.6) is 5.75 Å². The average molecular weight is 369 g/mol. The molecule has 3 nitrogen and oxygen atoms in total. The van der Waals surface area contributed by atoms with Gasteiger partial charge in [0.2, 0.25) is 0 Å². The monoisotopic (exact) mass is 369 g/mol. The van der Waals surface area contributed by atoms with Crippen LogP contribution in [0.15, 0.2) is 18.2 Å². The van der Waals surface area contributed by atoms with Crippen LogP contribution in [-0.2, 0) is 18.6 Å². The molecule has 0 saturated carbocycles. The Hall–Kier alpha value is -0.476. The molecule has 3 rings (SSSR count). The summed E-state index contributed by atoms with van der Waals surface area (Å²) in [4.78, 5) is 2.47. The summed E-state index contributed by atoms with van der Waals surface area (Å²) >= 11 is 0. The van der Waals surface area contributed by atoms with Crippen molar-refractivity contribution in [3.8, 4) is 5.75 Å². The number of benzene rings is 1. The van der Waals surface area contributed by atoms with Crippen LogP contribution in [0.2, 0.25) is 0 Å². The molecule has 1 fully saturated rings. The second-order valence-corrected chi connectivity index (χ2v) is 8.57. The normalized spacial score (nSPS) is 23.0. The summed E-state index contributed by atoms with van der Waals surface area (Å²) in [6.45, 7) is 16.7. The van der Waals surface area contributed by atoms with E-state index in [2.05, 4.69) is 57.8 Å². The minimum atomic E-state index is 0. The van der Waals surface area contributed by atoms with Crippen molar-refractivity contribution in [2.24, 2.45) is 11.3 Å². The van der Waals surface area contributed by atoms with Gasteiger partial charge in [-0.05, 0) is 36.3 Å². The fourth-order valence-electron chi connectivity index (χ4n) is 4.18. The van der Waals surface area contributed by atoms with Crippen molar-refractivity contribution in [3.63, 3.8) is 0 Å². The first-order valence-electron chi connectivity index (χ1n) is 8.99. The third-order valence-electron chi connectivity index (χ3n) is 4.70. The van der Waals surface area contributed by atoms with E-state index in [4.69, 9.17) is 0 Å². The van der Waals surface area contributed by atoms with Gasteiger partial charge in [0.1, 0.15) is 5.75 Å². The Labute approximate surface area is 160 Å². The molecule has 2 atom stereocenters. The molecule has 0 aliphatic carbocycles. The number of piperazine rings is 1. The first kappa shape index (κ1) is 21.6. The number of aromatic hydroxyl groups is 1. The zero-order valence-electron chi connectivity index (χ0n) is 16.1. The van der Waals surface area contributed by atoms with Gasteiger partial charge in [-0.2, -0.15) is 0 Å². The number of phenols is 1. The summed E-state index contributed by atoms with van der Waals surface area (Å²) in [5.41, 5.74) is 2.95. The Balaban J connectivity index is 0.000000279. The van der Waals surface area contributed by atoms with Gasteiger partial charge in [0.25, 0.3) is 0 Å². The van der Waals surface area contributed by atoms with Crippen LogP contribution in [-0.4, -0.2) is 29.6 Å². The van der Waals surface area contributed by atoms with E-state index in [0.29, 0.717) is 23.2 Å². The zero-order valence-corrected chi connectivity index (χ0v) is 17.5. The summed E-state index contributed by atoms with van der Waals surface area (Å²) in [5.74, 6) is 1.30. The molecule has 2 aliphatic heterocycles. The molecule has 1 aromatic rings. The number of nitrogens with one attached hydrogen (secondary N) is 1. The van der Waals surface area contributed by atoms with E-state index < -0.39 is 0 Å². The van der Waals surface area contributed by atoms with E-state index in [1.54, 1.807) is 6.07 Å². The number of rotatable bonds is 1. The standard InChI is InChI=1S/C12H16N2O.C8H18.V/c1-8-12-9(3-2-4-11(12)15)10-7-13-5-6-14(8)10;1-7(2)6-8(3,4)5;/h2-4,8,10,13,15H,5-7H2,1H3;7H,6H2,1-5H3;. The minimum absolute atomic E-state index is 0. The van der Waals surface area contributed by atoms with Crippen molar-refractivity contribution in [2.75, 3.05) is 19.6 Å². The first-order chi connectivity index (χ1) is 10.7. The van der Waals surface area contributed by atoms with Gasteiger partial charge in [-0.15, -0.1) is 0 Å². The van der Waals surface area contributed by atoms with Crippen LogP contribution in [0.25, 0.3) is 0 Å². The van der Waals surface area contributed by atoms with Gasteiger partial charge in [0, 0.05) is 55.8 Å². The Morgan fingerprint density at radius 2 is 1.96 bits per heavy atom. The molecular formula is C20H34N2OV. The maximum absolute atomic E-state index is 9.90. The largest absolute Gasteiger partial charge is 0.508 e. The van der Waals surface area contributed by atoms with Gasteiger partial charge in [-0.25, -0.2) is 0 Å². The fourth-order valence-corrected chi connectivity index (χ4v) is 4.18. The number of phenolic OH excluding ortho intramolecular Hbond substituents is 1. The maximum Gasteiger partial charge on any atom is 0.120 e. The van der Waals surface area contributed by atoms with Gasteiger partial charge in [-0.1, -0.05) is 46.8 Å². The molecule has 1 saturated heterocycles. The van der Waals surface area contributed by atoms with Crippen molar-refractivity contribution in [1.82, 2.24) is 10.2 Å². The molecule has 2 unspecified atom stereocenters. The van der Waals surface area contributed by atoms with Gasteiger partial charge >= 0.3 is 0 Å². The molecule has 1 aromatic carbocycles. The number of nitrogens with zero attached hydrogens (tertiary/aromatic N) is 1. The van der Waals surface area contributed by atoms with Gasteiger partial charge < -0.3 is 10.4 Å². The predicted molar refractivity (Wildman–Crippen MR) is 97.7 cm³/mol. The molecule has 0 amide bonds. The maximum atomic E-state index is 9.90. The molecule has 0 spiro atoms. The van der Waals surface area contributed by atoms with E-state index in [-0.39, 0.29) is 18.6 Å². The molecule has 135 valence electrons. The summed E-state index contributed by atoms with van der Waals surface area (Å²) in [6.07, 6.45) is 1.33. The Morgan fingerprint density at radius 1 is 1.29 bits per heavy atom. The van der Waals surface area contributed by atoms with Crippen LogP contribution < -0.4 is 5.32 Å². The first-order valence-corrected chi connectivity index (χ1v) is 8.99. The molecule has 0 bridgehead atoms. The quantitative estimate of drug-likeness (QED) is 0.766. The van der Waals surface area contributed by atoms with Crippen molar-refractivity contribution in [1.29, 1.82) is 0 Å². The molecule has 2 aliphatic rings. The SMILES string of the molecule is CC(C)CC(C)(C)C.CC1c2c(O)cccc2C2CNCCN12.[V]. The number of fused-ring (bicyclic) bond motifs is 3. The van der Waals surface area contributed by atoms with Gasteiger partial charge in [0.15, 0.2) is 0 Å². The third-order valence-corrected chi connectivity index (χ3v) is 4.70. The predicted octanol–water partition coefficient (Wildman–Crippen LogP) is 4.49. The Bertz CT molecular complexity index is 525. The minimum Gasteiger partial charge on any atom is -0.508 e. The molecule has 4 heteroatoms. The second kappa shape index (κ2) is 8.76. The van der Waals surface area contributed by atoms with E-state index in [1.165, 1.54) is 12.0 Å². The van der Waals surface area contributed by atoms with Crippen molar-refractivity contribution in [3.05, 3.63) is 29.3 Å². The third kappa shape index (κ3) is 5.26.